The van der Waals surface area contributed by atoms with Gasteiger partial charge in [-0.25, -0.2) is 0 Å². The van der Waals surface area contributed by atoms with Crippen LogP contribution in [0.5, 0.6) is 0 Å². The van der Waals surface area contributed by atoms with Crippen molar-refractivity contribution in [2.24, 2.45) is 16.8 Å². The number of aliphatic hydroxyl groups is 1. The maximum atomic E-state index is 9.66. The van der Waals surface area contributed by atoms with Gasteiger partial charge in [-0.2, -0.15) is 0 Å². The van der Waals surface area contributed by atoms with E-state index >= 15 is 0 Å². The predicted octanol–water partition coefficient (Wildman–Crippen LogP) is 0.120. The highest BCUT2D eigenvalue weighted by Gasteiger charge is 2.17. The second kappa shape index (κ2) is 5.82. The average molecular weight is 203 g/mol. The highest BCUT2D eigenvalue weighted by Crippen LogP contribution is 2.06. The number of nitrogens with two attached hydrogens (primary N) is 1. The molecule has 0 saturated heterocycles. The molecule has 0 heterocycles. The van der Waals surface area contributed by atoms with E-state index in [9.17, 15) is 5.11 Å². The van der Waals surface area contributed by atoms with Crippen LogP contribution in [0.2, 0.25) is 0 Å². The SMILES string of the molecule is CCC(C)(O)CNCC(C)C(N)=NO. The lowest BCUT2D eigenvalue weighted by Gasteiger charge is -2.22. The number of rotatable bonds is 6. The van der Waals surface area contributed by atoms with Gasteiger partial charge in [-0.05, 0) is 13.3 Å². The molecule has 0 bridgehead atoms. The molecule has 5 heteroatoms. The van der Waals surface area contributed by atoms with Gasteiger partial charge in [0.25, 0.3) is 0 Å². The van der Waals surface area contributed by atoms with Crippen LogP contribution in [0.3, 0.4) is 0 Å². The van der Waals surface area contributed by atoms with Crippen LogP contribution < -0.4 is 11.1 Å². The number of nitrogens with one attached hydrogen (secondary N) is 1. The Bertz CT molecular complexity index is 192. The fraction of sp³-hybridized carbons (Fsp3) is 0.889. The van der Waals surface area contributed by atoms with Crippen LogP contribution in [-0.2, 0) is 0 Å². The molecule has 2 atom stereocenters. The van der Waals surface area contributed by atoms with Crippen molar-refractivity contribution >= 4 is 5.84 Å². The molecule has 0 aliphatic carbocycles. The van der Waals surface area contributed by atoms with E-state index in [1.54, 1.807) is 6.92 Å². The van der Waals surface area contributed by atoms with E-state index < -0.39 is 5.60 Å². The summed E-state index contributed by atoms with van der Waals surface area (Å²) in [5.41, 5.74) is 4.71. The summed E-state index contributed by atoms with van der Waals surface area (Å²) in [4.78, 5) is 0. The van der Waals surface area contributed by atoms with Crippen LogP contribution >= 0.6 is 0 Å². The highest BCUT2D eigenvalue weighted by atomic mass is 16.4. The first-order valence-corrected chi connectivity index (χ1v) is 4.83. The summed E-state index contributed by atoms with van der Waals surface area (Å²) >= 11 is 0. The summed E-state index contributed by atoms with van der Waals surface area (Å²) in [6.45, 7) is 6.64. The largest absolute Gasteiger partial charge is 0.409 e. The molecule has 0 aromatic rings. The van der Waals surface area contributed by atoms with Crippen molar-refractivity contribution in [1.29, 1.82) is 0 Å². The van der Waals surface area contributed by atoms with Crippen LogP contribution in [0.4, 0.5) is 0 Å². The Morgan fingerprint density at radius 2 is 2.21 bits per heavy atom. The maximum Gasteiger partial charge on any atom is 0.143 e. The third kappa shape index (κ3) is 5.04. The van der Waals surface area contributed by atoms with E-state index in [1.807, 2.05) is 13.8 Å². The summed E-state index contributed by atoms with van der Waals surface area (Å²) in [6, 6.07) is 0. The lowest BCUT2D eigenvalue weighted by atomic mass is 10.0. The maximum absolute atomic E-state index is 9.66. The summed E-state index contributed by atoms with van der Waals surface area (Å²) in [5, 5.41) is 24.0. The number of nitrogens with zero attached hydrogens (tertiary/aromatic N) is 1. The molecule has 0 fully saturated rings. The van der Waals surface area contributed by atoms with Crippen LogP contribution in [-0.4, -0.2) is 34.8 Å². The molecular weight excluding hydrogens is 182 g/mol. The van der Waals surface area contributed by atoms with E-state index in [0.717, 1.165) is 0 Å². The van der Waals surface area contributed by atoms with Gasteiger partial charge >= 0.3 is 0 Å². The highest BCUT2D eigenvalue weighted by molar-refractivity contribution is 5.82. The molecule has 0 aromatic heterocycles. The minimum Gasteiger partial charge on any atom is -0.409 e. The zero-order chi connectivity index (χ0) is 11.2. The van der Waals surface area contributed by atoms with Crippen molar-refractivity contribution in [3.8, 4) is 0 Å². The summed E-state index contributed by atoms with van der Waals surface area (Å²) < 4.78 is 0. The molecule has 0 amide bonds. The molecule has 5 N–H and O–H groups in total. The molecule has 5 nitrogen and oxygen atoms in total. The molecule has 0 spiro atoms. The Hall–Kier alpha value is -0.810. The minimum absolute atomic E-state index is 0.0346. The van der Waals surface area contributed by atoms with Crippen molar-refractivity contribution in [2.75, 3.05) is 13.1 Å². The topological polar surface area (TPSA) is 90.9 Å². The van der Waals surface area contributed by atoms with Crippen LogP contribution in [0.1, 0.15) is 27.2 Å². The molecule has 0 saturated carbocycles. The van der Waals surface area contributed by atoms with Gasteiger partial charge in [-0.3, -0.25) is 0 Å². The van der Waals surface area contributed by atoms with E-state index in [-0.39, 0.29) is 11.8 Å². The third-order valence-electron chi connectivity index (χ3n) is 2.34. The van der Waals surface area contributed by atoms with Gasteiger partial charge in [0.1, 0.15) is 5.84 Å². The Balaban J connectivity index is 3.75. The first kappa shape index (κ1) is 13.2. The Labute approximate surface area is 85.0 Å². The van der Waals surface area contributed by atoms with Gasteiger partial charge in [-0.1, -0.05) is 19.0 Å². The smallest absolute Gasteiger partial charge is 0.143 e. The lowest BCUT2D eigenvalue weighted by molar-refractivity contribution is 0.0556. The van der Waals surface area contributed by atoms with Crippen molar-refractivity contribution in [2.45, 2.75) is 32.8 Å². The van der Waals surface area contributed by atoms with E-state index in [0.29, 0.717) is 19.5 Å². The van der Waals surface area contributed by atoms with Crippen LogP contribution in [0.15, 0.2) is 5.16 Å². The molecule has 0 aromatic carbocycles. The lowest BCUT2D eigenvalue weighted by Crippen LogP contribution is -2.40. The summed E-state index contributed by atoms with van der Waals surface area (Å²) in [5.74, 6) is 0.168. The monoisotopic (exact) mass is 203 g/mol. The number of amidine groups is 1. The third-order valence-corrected chi connectivity index (χ3v) is 2.34. The Morgan fingerprint density at radius 3 is 2.64 bits per heavy atom. The van der Waals surface area contributed by atoms with Crippen LogP contribution in [0.25, 0.3) is 0 Å². The van der Waals surface area contributed by atoms with Crippen LogP contribution in [0, 0.1) is 5.92 Å². The second-order valence-electron chi connectivity index (χ2n) is 3.91. The van der Waals surface area contributed by atoms with E-state index in [2.05, 4.69) is 10.5 Å². The van der Waals surface area contributed by atoms with E-state index in [1.165, 1.54) is 0 Å². The molecule has 14 heavy (non-hydrogen) atoms. The molecule has 0 aliphatic heterocycles. The zero-order valence-electron chi connectivity index (χ0n) is 9.12. The molecule has 0 rings (SSSR count). The fourth-order valence-corrected chi connectivity index (χ4v) is 0.886. The molecular formula is C9H21N3O2. The van der Waals surface area contributed by atoms with Gasteiger partial charge < -0.3 is 21.4 Å². The summed E-state index contributed by atoms with van der Waals surface area (Å²) in [6.07, 6.45) is 0.692. The van der Waals surface area contributed by atoms with Gasteiger partial charge in [0.2, 0.25) is 0 Å². The first-order valence-electron chi connectivity index (χ1n) is 4.83. The fourth-order valence-electron chi connectivity index (χ4n) is 0.886. The second-order valence-corrected chi connectivity index (χ2v) is 3.91. The molecule has 2 unspecified atom stereocenters. The molecule has 0 aliphatic rings. The van der Waals surface area contributed by atoms with E-state index in [4.69, 9.17) is 10.9 Å². The van der Waals surface area contributed by atoms with Gasteiger partial charge in [0.15, 0.2) is 0 Å². The normalized spacial score (nSPS) is 19.0. The van der Waals surface area contributed by atoms with Gasteiger partial charge in [0, 0.05) is 19.0 Å². The van der Waals surface area contributed by atoms with Gasteiger partial charge in [0.05, 0.1) is 5.60 Å². The Morgan fingerprint density at radius 1 is 1.64 bits per heavy atom. The minimum atomic E-state index is -0.690. The zero-order valence-corrected chi connectivity index (χ0v) is 9.12. The Kier molecular flexibility index (Phi) is 5.49. The number of hydrogen-bond donors (Lipinski definition) is 4. The standard InChI is InChI=1S/C9H21N3O2/c1-4-9(3,13)6-11-5-7(2)8(10)12-14/h7,11,13-14H,4-6H2,1-3H3,(H2,10,12). The predicted molar refractivity (Wildman–Crippen MR) is 56.4 cm³/mol. The van der Waals surface area contributed by atoms with Gasteiger partial charge in [-0.15, -0.1) is 0 Å². The average Bonchev–Trinajstić information content (AvgIpc) is 2.16. The van der Waals surface area contributed by atoms with Crippen molar-refractivity contribution in [1.82, 2.24) is 5.32 Å². The molecule has 84 valence electrons. The van der Waals surface area contributed by atoms with Crippen molar-refractivity contribution in [3.05, 3.63) is 0 Å². The summed E-state index contributed by atoms with van der Waals surface area (Å²) in [7, 11) is 0. The number of hydrogen-bond acceptors (Lipinski definition) is 4. The number of oxime groups is 1. The molecule has 0 radical (unpaired) electrons. The quantitative estimate of drug-likeness (QED) is 0.213. The van der Waals surface area contributed by atoms with Crippen molar-refractivity contribution in [3.63, 3.8) is 0 Å². The first-order chi connectivity index (χ1) is 6.43. The van der Waals surface area contributed by atoms with Crippen molar-refractivity contribution < 1.29 is 10.3 Å².